The summed E-state index contributed by atoms with van der Waals surface area (Å²) in [6, 6.07) is 9.15. The van der Waals surface area contributed by atoms with Crippen LogP contribution >= 0.6 is 0 Å². The van der Waals surface area contributed by atoms with Gasteiger partial charge in [0, 0.05) is 42.6 Å². The van der Waals surface area contributed by atoms with Gasteiger partial charge in [0.1, 0.15) is 5.82 Å². The van der Waals surface area contributed by atoms with E-state index in [4.69, 9.17) is 4.74 Å². The van der Waals surface area contributed by atoms with Gasteiger partial charge >= 0.3 is 0 Å². The molecule has 3 aromatic rings. The number of nitrogens with zero attached hydrogens (tertiary/aromatic N) is 1. The Morgan fingerprint density at radius 2 is 2.17 bits per heavy atom. The SMILES string of the molecule is CO[C@@H]1CCC[C@H](C(=O)N[C@@H](Cc2c[nH]c3ccccc23)c2cc(=O)[nH]c(C)n2)C1. The van der Waals surface area contributed by atoms with Crippen LogP contribution in [0, 0.1) is 12.8 Å². The van der Waals surface area contributed by atoms with Crippen molar-refractivity contribution in [2.24, 2.45) is 5.92 Å². The second kappa shape index (κ2) is 8.83. The minimum Gasteiger partial charge on any atom is -0.381 e. The minimum absolute atomic E-state index is 0.00123. The third kappa shape index (κ3) is 4.46. The first-order valence-electron chi connectivity index (χ1n) is 10.5. The van der Waals surface area contributed by atoms with Gasteiger partial charge in [0.15, 0.2) is 0 Å². The second-order valence-electron chi connectivity index (χ2n) is 8.10. The van der Waals surface area contributed by atoms with Gasteiger partial charge in [0.05, 0.1) is 17.8 Å². The molecule has 1 aliphatic carbocycles. The predicted molar refractivity (Wildman–Crippen MR) is 115 cm³/mol. The largest absolute Gasteiger partial charge is 0.381 e. The number of aromatic nitrogens is 3. The predicted octanol–water partition coefficient (Wildman–Crippen LogP) is 3.16. The number of para-hydroxylation sites is 1. The van der Waals surface area contributed by atoms with E-state index in [1.54, 1.807) is 14.0 Å². The zero-order valence-corrected chi connectivity index (χ0v) is 17.4. The van der Waals surface area contributed by atoms with Crippen molar-refractivity contribution in [3.8, 4) is 0 Å². The molecule has 3 atom stereocenters. The molecule has 1 fully saturated rings. The molecule has 1 saturated carbocycles. The molecule has 0 unspecified atom stereocenters. The maximum atomic E-state index is 13.1. The molecule has 0 radical (unpaired) electrons. The van der Waals surface area contributed by atoms with E-state index < -0.39 is 0 Å². The van der Waals surface area contributed by atoms with E-state index in [0.29, 0.717) is 17.9 Å². The first kappa shape index (κ1) is 20.3. The molecule has 0 bridgehead atoms. The molecule has 0 aliphatic heterocycles. The number of H-pyrrole nitrogens is 2. The Morgan fingerprint density at radius 1 is 1.33 bits per heavy atom. The lowest BCUT2D eigenvalue weighted by Crippen LogP contribution is -2.39. The van der Waals surface area contributed by atoms with Gasteiger partial charge in [-0.05, 0) is 37.8 Å². The van der Waals surface area contributed by atoms with E-state index in [1.807, 2.05) is 24.4 Å². The van der Waals surface area contributed by atoms with E-state index in [9.17, 15) is 9.59 Å². The number of ether oxygens (including phenoxy) is 1. The van der Waals surface area contributed by atoms with Crippen LogP contribution in [0.5, 0.6) is 0 Å². The third-order valence-corrected chi connectivity index (χ3v) is 5.98. The summed E-state index contributed by atoms with van der Waals surface area (Å²) in [5.41, 5.74) is 2.48. The lowest BCUT2D eigenvalue weighted by molar-refractivity contribution is -0.128. The van der Waals surface area contributed by atoms with Crippen LogP contribution in [-0.4, -0.2) is 34.1 Å². The van der Waals surface area contributed by atoms with Gasteiger partial charge in [-0.3, -0.25) is 9.59 Å². The number of methoxy groups -OCH3 is 1. The first-order chi connectivity index (χ1) is 14.5. The van der Waals surface area contributed by atoms with Gasteiger partial charge in [-0.1, -0.05) is 24.6 Å². The monoisotopic (exact) mass is 408 g/mol. The average molecular weight is 409 g/mol. The number of carbonyl (C=O) groups is 1. The Labute approximate surface area is 175 Å². The molecule has 0 spiro atoms. The van der Waals surface area contributed by atoms with Crippen LogP contribution in [0.2, 0.25) is 0 Å². The number of rotatable bonds is 6. The molecule has 2 heterocycles. The number of hydrogen-bond acceptors (Lipinski definition) is 4. The van der Waals surface area contributed by atoms with E-state index >= 15 is 0 Å². The van der Waals surface area contributed by atoms with Crippen LogP contribution in [0.25, 0.3) is 10.9 Å². The molecule has 3 N–H and O–H groups in total. The Kier molecular flexibility index (Phi) is 5.99. The van der Waals surface area contributed by atoms with Crippen molar-refractivity contribution in [1.82, 2.24) is 20.3 Å². The standard InChI is InChI=1S/C23H28N4O3/c1-14-25-21(12-22(28)26-14)20(11-16-13-24-19-9-4-3-8-18(16)19)27-23(29)15-6-5-7-17(10-15)30-2/h3-4,8-9,12-13,15,17,20,24H,5-7,10-11H2,1-2H3,(H,27,29)(H,25,26,28)/t15-,17+,20-/m0/s1. The fourth-order valence-electron chi connectivity index (χ4n) is 4.42. The van der Waals surface area contributed by atoms with Crippen molar-refractivity contribution in [2.45, 2.75) is 51.2 Å². The molecule has 158 valence electrons. The van der Waals surface area contributed by atoms with Crippen molar-refractivity contribution in [2.75, 3.05) is 7.11 Å². The summed E-state index contributed by atoms with van der Waals surface area (Å²) >= 11 is 0. The Hall–Kier alpha value is -2.93. The van der Waals surface area contributed by atoms with Crippen molar-refractivity contribution in [1.29, 1.82) is 0 Å². The molecule has 4 rings (SSSR count). The first-order valence-corrected chi connectivity index (χ1v) is 10.5. The number of aryl methyl sites for hydroxylation is 1. The number of benzene rings is 1. The van der Waals surface area contributed by atoms with Gasteiger partial charge in [-0.25, -0.2) is 4.98 Å². The zero-order chi connectivity index (χ0) is 21.1. The summed E-state index contributed by atoms with van der Waals surface area (Å²) in [7, 11) is 1.70. The molecule has 1 amide bonds. The topological polar surface area (TPSA) is 99.9 Å². The normalized spacial score (nSPS) is 20.2. The third-order valence-electron chi connectivity index (χ3n) is 5.98. The van der Waals surface area contributed by atoms with Crippen LogP contribution in [0.4, 0.5) is 0 Å². The number of carbonyl (C=O) groups excluding carboxylic acids is 1. The van der Waals surface area contributed by atoms with Crippen LogP contribution in [0.3, 0.4) is 0 Å². The summed E-state index contributed by atoms with van der Waals surface area (Å²) in [5.74, 6) is 0.450. The van der Waals surface area contributed by atoms with Crippen LogP contribution in [0.15, 0.2) is 41.3 Å². The maximum absolute atomic E-state index is 13.1. The summed E-state index contributed by atoms with van der Waals surface area (Å²) in [6.45, 7) is 1.75. The lowest BCUT2D eigenvalue weighted by atomic mass is 9.86. The van der Waals surface area contributed by atoms with Crippen LogP contribution in [0.1, 0.15) is 48.8 Å². The van der Waals surface area contributed by atoms with Crippen LogP contribution < -0.4 is 10.9 Å². The Morgan fingerprint density at radius 3 is 2.97 bits per heavy atom. The molecule has 7 heteroatoms. The quantitative estimate of drug-likeness (QED) is 0.583. The smallest absolute Gasteiger partial charge is 0.251 e. The minimum atomic E-state index is -0.388. The second-order valence-corrected chi connectivity index (χ2v) is 8.10. The highest BCUT2D eigenvalue weighted by Crippen LogP contribution is 2.28. The summed E-state index contributed by atoms with van der Waals surface area (Å²) in [6.07, 6.45) is 6.19. The number of nitrogens with one attached hydrogen (secondary N) is 3. The van der Waals surface area contributed by atoms with E-state index in [0.717, 1.165) is 42.1 Å². The molecule has 2 aromatic heterocycles. The molecule has 1 aromatic carbocycles. The molecular weight excluding hydrogens is 380 g/mol. The highest BCUT2D eigenvalue weighted by atomic mass is 16.5. The van der Waals surface area contributed by atoms with E-state index in [-0.39, 0.29) is 29.5 Å². The van der Waals surface area contributed by atoms with Gasteiger partial charge in [-0.15, -0.1) is 0 Å². The maximum Gasteiger partial charge on any atom is 0.251 e. The summed E-state index contributed by atoms with van der Waals surface area (Å²) < 4.78 is 5.48. The van der Waals surface area contributed by atoms with Gasteiger partial charge in [-0.2, -0.15) is 0 Å². The fraction of sp³-hybridized carbons (Fsp3) is 0.435. The molecule has 7 nitrogen and oxygen atoms in total. The highest BCUT2D eigenvalue weighted by molar-refractivity contribution is 5.83. The van der Waals surface area contributed by atoms with Gasteiger partial charge in [0.25, 0.3) is 5.56 Å². The molecular formula is C23H28N4O3. The lowest BCUT2D eigenvalue weighted by Gasteiger charge is -2.29. The molecule has 0 saturated heterocycles. The Bertz CT molecular complexity index is 1090. The summed E-state index contributed by atoms with van der Waals surface area (Å²) in [5, 5.41) is 4.29. The molecule has 1 aliphatic rings. The van der Waals surface area contributed by atoms with Crippen molar-refractivity contribution < 1.29 is 9.53 Å². The number of hydrogen-bond donors (Lipinski definition) is 3. The van der Waals surface area contributed by atoms with Gasteiger partial charge < -0.3 is 20.0 Å². The molecule has 30 heavy (non-hydrogen) atoms. The number of fused-ring (bicyclic) bond motifs is 1. The average Bonchev–Trinajstić information content (AvgIpc) is 3.15. The fourth-order valence-corrected chi connectivity index (χ4v) is 4.42. The number of aromatic amines is 2. The zero-order valence-electron chi connectivity index (χ0n) is 17.4. The van der Waals surface area contributed by atoms with Gasteiger partial charge in [0.2, 0.25) is 5.91 Å². The van der Waals surface area contributed by atoms with Crippen molar-refractivity contribution in [3.05, 3.63) is 64.0 Å². The summed E-state index contributed by atoms with van der Waals surface area (Å²) in [4.78, 5) is 35.7. The number of amides is 1. The van der Waals surface area contributed by atoms with Crippen LogP contribution in [-0.2, 0) is 16.0 Å². The van der Waals surface area contributed by atoms with Crippen molar-refractivity contribution in [3.63, 3.8) is 0 Å². The van der Waals surface area contributed by atoms with Crippen molar-refractivity contribution >= 4 is 16.8 Å². The highest BCUT2D eigenvalue weighted by Gasteiger charge is 2.29. The van der Waals surface area contributed by atoms with E-state index in [2.05, 4.69) is 26.3 Å². The Balaban J connectivity index is 1.61. The van der Waals surface area contributed by atoms with E-state index in [1.165, 1.54) is 6.07 Å².